The quantitative estimate of drug-likeness (QED) is 0.430. The molecule has 2 fully saturated rings. The summed E-state index contributed by atoms with van der Waals surface area (Å²) < 4.78 is 1.74. The smallest absolute Gasteiger partial charge is 0.180 e. The molecule has 2 aliphatic carbocycles. The van der Waals surface area contributed by atoms with Crippen LogP contribution < -0.4 is 0 Å². The molecule has 0 amide bonds. The molecule has 5 nitrogen and oxygen atoms in total. The molecule has 0 N–H and O–H groups in total. The summed E-state index contributed by atoms with van der Waals surface area (Å²) in [6.07, 6.45) is 11.6. The lowest BCUT2D eigenvalue weighted by Crippen LogP contribution is -2.31. The molecule has 1 aromatic heterocycles. The van der Waals surface area contributed by atoms with Gasteiger partial charge in [0.15, 0.2) is 5.78 Å². The van der Waals surface area contributed by atoms with Gasteiger partial charge in [-0.25, -0.2) is 4.99 Å². The van der Waals surface area contributed by atoms with E-state index in [2.05, 4.69) is 18.9 Å². The lowest BCUT2D eigenvalue weighted by atomic mass is 9.89. The first-order valence-corrected chi connectivity index (χ1v) is 10.3. The molecule has 0 unspecified atom stereocenters. The van der Waals surface area contributed by atoms with Crippen molar-refractivity contribution in [2.75, 3.05) is 13.6 Å². The van der Waals surface area contributed by atoms with E-state index in [1.54, 1.807) is 11.6 Å². The van der Waals surface area contributed by atoms with Gasteiger partial charge in [-0.3, -0.25) is 9.48 Å². The fourth-order valence-corrected chi connectivity index (χ4v) is 4.65. The highest BCUT2D eigenvalue weighted by Gasteiger charge is 2.28. The van der Waals surface area contributed by atoms with Crippen LogP contribution in [-0.4, -0.2) is 39.9 Å². The maximum absolute atomic E-state index is 12.2. The van der Waals surface area contributed by atoms with Crippen LogP contribution in [0.25, 0.3) is 0 Å². The average molecular weight is 359 g/mol. The van der Waals surface area contributed by atoms with Crippen LogP contribution >= 0.6 is 0 Å². The SMILES string of the molecule is CC(=O)c1c(/N=C(\C)N(C)CC2CCCCC2)c(C2CCCC2)nn1C. The Bertz CT molecular complexity index is 664. The van der Waals surface area contributed by atoms with Gasteiger partial charge in [-0.1, -0.05) is 32.1 Å². The van der Waals surface area contributed by atoms with Crippen molar-refractivity contribution in [2.45, 2.75) is 77.6 Å². The van der Waals surface area contributed by atoms with Gasteiger partial charge < -0.3 is 4.90 Å². The summed E-state index contributed by atoms with van der Waals surface area (Å²) in [5.74, 6) is 2.26. The van der Waals surface area contributed by atoms with Gasteiger partial charge in [0.25, 0.3) is 0 Å². The molecule has 0 aromatic carbocycles. The molecule has 0 bridgehead atoms. The van der Waals surface area contributed by atoms with Crippen LogP contribution in [0, 0.1) is 5.92 Å². The molecule has 1 aromatic rings. The van der Waals surface area contributed by atoms with E-state index >= 15 is 0 Å². The van der Waals surface area contributed by atoms with E-state index in [9.17, 15) is 4.79 Å². The summed E-state index contributed by atoms with van der Waals surface area (Å²) >= 11 is 0. The van der Waals surface area contributed by atoms with Gasteiger partial charge in [0.1, 0.15) is 17.2 Å². The van der Waals surface area contributed by atoms with E-state index in [-0.39, 0.29) is 5.78 Å². The number of aryl methyl sites for hydroxylation is 1. The van der Waals surface area contributed by atoms with Crippen LogP contribution in [0.2, 0.25) is 0 Å². The van der Waals surface area contributed by atoms with E-state index in [1.165, 1.54) is 44.9 Å². The summed E-state index contributed by atoms with van der Waals surface area (Å²) in [6, 6.07) is 0. The average Bonchev–Trinajstić information content (AvgIpc) is 3.23. The number of aliphatic imine (C=N–C) groups is 1. The van der Waals surface area contributed by atoms with Crippen LogP contribution in [0.4, 0.5) is 5.69 Å². The summed E-state index contributed by atoms with van der Waals surface area (Å²) in [7, 11) is 4.00. The van der Waals surface area contributed by atoms with Crippen molar-refractivity contribution < 1.29 is 4.79 Å². The zero-order chi connectivity index (χ0) is 18.7. The highest BCUT2D eigenvalue weighted by atomic mass is 16.1. The van der Waals surface area contributed by atoms with Gasteiger partial charge >= 0.3 is 0 Å². The van der Waals surface area contributed by atoms with E-state index in [0.717, 1.165) is 42.5 Å². The maximum Gasteiger partial charge on any atom is 0.180 e. The lowest BCUT2D eigenvalue weighted by molar-refractivity contribution is 0.100. The van der Waals surface area contributed by atoms with E-state index in [0.29, 0.717) is 11.6 Å². The standard InChI is InChI=1S/C21H34N4O/c1-15(26)21-20(19(23-25(21)4)18-12-8-9-13-18)22-16(2)24(3)14-17-10-6-5-7-11-17/h17-18H,5-14H2,1-4H3/b22-16+. The second-order valence-electron chi connectivity index (χ2n) is 8.29. The second kappa shape index (κ2) is 8.36. The molecule has 0 atom stereocenters. The number of Topliss-reactive ketones (excluding diaryl/α,β-unsaturated/α-hetero) is 1. The third-order valence-electron chi connectivity index (χ3n) is 6.21. The number of carbonyl (C=O) groups is 1. The van der Waals surface area contributed by atoms with Crippen molar-refractivity contribution in [1.29, 1.82) is 0 Å². The predicted octanol–water partition coefficient (Wildman–Crippen LogP) is 4.84. The minimum absolute atomic E-state index is 0.0470. The Balaban J connectivity index is 1.85. The summed E-state index contributed by atoms with van der Waals surface area (Å²) in [5, 5.41) is 4.71. The summed E-state index contributed by atoms with van der Waals surface area (Å²) in [5.41, 5.74) is 2.50. The molecule has 26 heavy (non-hydrogen) atoms. The van der Waals surface area contributed by atoms with E-state index < -0.39 is 0 Å². The van der Waals surface area contributed by atoms with Crippen LogP contribution in [0.15, 0.2) is 4.99 Å². The van der Waals surface area contributed by atoms with Crippen LogP contribution in [0.5, 0.6) is 0 Å². The van der Waals surface area contributed by atoms with Crippen molar-refractivity contribution in [1.82, 2.24) is 14.7 Å². The van der Waals surface area contributed by atoms with Crippen LogP contribution in [0.1, 0.15) is 93.7 Å². The Labute approximate surface area is 157 Å². The lowest BCUT2D eigenvalue weighted by Gasteiger charge is -2.28. The molecule has 144 valence electrons. The number of ketones is 1. The number of hydrogen-bond donors (Lipinski definition) is 0. The van der Waals surface area contributed by atoms with Crippen LogP contribution in [-0.2, 0) is 7.05 Å². The molecule has 0 spiro atoms. The fraction of sp³-hybridized carbons (Fsp3) is 0.762. The number of carbonyl (C=O) groups excluding carboxylic acids is 1. The first-order valence-electron chi connectivity index (χ1n) is 10.3. The normalized spacial score (nSPS) is 19.9. The first-order chi connectivity index (χ1) is 12.5. The topological polar surface area (TPSA) is 50.5 Å². The Morgan fingerprint density at radius 3 is 2.35 bits per heavy atom. The van der Waals surface area contributed by atoms with E-state index in [4.69, 9.17) is 10.1 Å². The Morgan fingerprint density at radius 1 is 1.12 bits per heavy atom. The number of aromatic nitrogens is 2. The van der Waals surface area contributed by atoms with Gasteiger partial charge in [-0.05, 0) is 38.5 Å². The number of rotatable bonds is 5. The Morgan fingerprint density at radius 2 is 1.73 bits per heavy atom. The zero-order valence-corrected chi connectivity index (χ0v) is 16.9. The predicted molar refractivity (Wildman–Crippen MR) is 106 cm³/mol. The second-order valence-corrected chi connectivity index (χ2v) is 8.29. The minimum atomic E-state index is 0.0470. The maximum atomic E-state index is 12.2. The van der Waals surface area contributed by atoms with E-state index in [1.807, 2.05) is 7.05 Å². The van der Waals surface area contributed by atoms with Gasteiger partial charge in [-0.15, -0.1) is 0 Å². The Kier molecular flexibility index (Phi) is 6.15. The molecule has 0 saturated heterocycles. The molecule has 2 aliphatic rings. The highest BCUT2D eigenvalue weighted by molar-refractivity contribution is 5.99. The molecular formula is C21H34N4O. The van der Waals surface area contributed by atoms with Crippen molar-refractivity contribution in [2.24, 2.45) is 18.0 Å². The van der Waals surface area contributed by atoms with Crippen molar-refractivity contribution in [3.05, 3.63) is 11.4 Å². The third kappa shape index (κ3) is 4.18. The fourth-order valence-electron chi connectivity index (χ4n) is 4.65. The number of amidine groups is 1. The highest BCUT2D eigenvalue weighted by Crippen LogP contribution is 2.40. The monoisotopic (exact) mass is 358 g/mol. The molecule has 0 aliphatic heterocycles. The van der Waals surface area contributed by atoms with Crippen molar-refractivity contribution >= 4 is 17.3 Å². The van der Waals surface area contributed by atoms with Gasteiger partial charge in [0.05, 0.1) is 5.69 Å². The molecule has 0 radical (unpaired) electrons. The molecular weight excluding hydrogens is 324 g/mol. The number of hydrogen-bond acceptors (Lipinski definition) is 3. The molecule has 5 heteroatoms. The van der Waals surface area contributed by atoms with Gasteiger partial charge in [-0.2, -0.15) is 5.10 Å². The molecule has 2 saturated carbocycles. The Hall–Kier alpha value is -1.65. The van der Waals surface area contributed by atoms with Crippen LogP contribution in [0.3, 0.4) is 0 Å². The summed E-state index contributed by atoms with van der Waals surface area (Å²) in [4.78, 5) is 19.5. The summed E-state index contributed by atoms with van der Waals surface area (Å²) in [6.45, 7) is 4.75. The number of nitrogens with zero attached hydrogens (tertiary/aromatic N) is 4. The molecule has 3 rings (SSSR count). The third-order valence-corrected chi connectivity index (χ3v) is 6.21. The van der Waals surface area contributed by atoms with Crippen molar-refractivity contribution in [3.8, 4) is 0 Å². The zero-order valence-electron chi connectivity index (χ0n) is 16.9. The van der Waals surface area contributed by atoms with Crippen molar-refractivity contribution in [3.63, 3.8) is 0 Å². The largest absolute Gasteiger partial charge is 0.363 e. The first kappa shape index (κ1) is 19.1. The van der Waals surface area contributed by atoms with Gasteiger partial charge in [0, 0.05) is 33.5 Å². The minimum Gasteiger partial charge on any atom is -0.363 e. The molecule has 1 heterocycles. The van der Waals surface area contributed by atoms with Gasteiger partial charge in [0.2, 0.25) is 0 Å².